The first kappa shape index (κ1) is 13.7. The summed E-state index contributed by atoms with van der Waals surface area (Å²) >= 11 is 0. The van der Waals surface area contributed by atoms with Gasteiger partial charge in [-0.15, -0.1) is 0 Å². The quantitative estimate of drug-likeness (QED) is 0.652. The molecule has 0 atom stereocenters. The molecule has 2 nitrogen and oxygen atoms in total. The summed E-state index contributed by atoms with van der Waals surface area (Å²) in [4.78, 5) is 0. The van der Waals surface area contributed by atoms with E-state index in [4.69, 9.17) is 9.47 Å². The molecular weight excluding hydrogens is 236 g/mol. The van der Waals surface area contributed by atoms with E-state index in [0.29, 0.717) is 0 Å². The van der Waals surface area contributed by atoms with E-state index in [1.807, 2.05) is 24.3 Å². The summed E-state index contributed by atoms with van der Waals surface area (Å²) in [5, 5.41) is 2.18. The molecule has 2 aromatic rings. The third-order valence-electron chi connectivity index (χ3n) is 3.23. The molecule has 2 aromatic carbocycles. The van der Waals surface area contributed by atoms with E-state index in [-0.39, 0.29) is 0 Å². The molecule has 0 aromatic heterocycles. The lowest BCUT2D eigenvalue weighted by Gasteiger charge is -2.09. The van der Waals surface area contributed by atoms with Crippen LogP contribution < -0.4 is 9.47 Å². The SMILES string of the molecule is [CH2]Oc1cccc2cc(OCCCCCC)ccc12. The highest BCUT2D eigenvalue weighted by Crippen LogP contribution is 2.28. The van der Waals surface area contributed by atoms with Crippen LogP contribution in [0.4, 0.5) is 0 Å². The Kier molecular flexibility index (Phi) is 5.08. The topological polar surface area (TPSA) is 18.5 Å². The van der Waals surface area contributed by atoms with Crippen LogP contribution in [0.25, 0.3) is 10.8 Å². The van der Waals surface area contributed by atoms with Gasteiger partial charge in [-0.1, -0.05) is 38.3 Å². The second-order valence-corrected chi connectivity index (χ2v) is 4.69. The van der Waals surface area contributed by atoms with Crippen LogP contribution in [0.3, 0.4) is 0 Å². The van der Waals surface area contributed by atoms with Crippen molar-refractivity contribution in [3.05, 3.63) is 43.5 Å². The fraction of sp³-hybridized carbons (Fsp3) is 0.353. The average molecular weight is 257 g/mol. The molecule has 0 bridgehead atoms. The Hall–Kier alpha value is -1.70. The summed E-state index contributed by atoms with van der Waals surface area (Å²) in [6, 6.07) is 12.0. The molecule has 19 heavy (non-hydrogen) atoms. The molecule has 2 heteroatoms. The summed E-state index contributed by atoms with van der Waals surface area (Å²) < 4.78 is 10.9. The van der Waals surface area contributed by atoms with Crippen LogP contribution in [-0.4, -0.2) is 6.61 Å². The van der Waals surface area contributed by atoms with Gasteiger partial charge in [0.1, 0.15) is 18.6 Å². The molecule has 2 rings (SSSR count). The van der Waals surface area contributed by atoms with Gasteiger partial charge in [0.25, 0.3) is 0 Å². The molecule has 0 N–H and O–H groups in total. The summed E-state index contributed by atoms with van der Waals surface area (Å²) in [5.74, 6) is 1.72. The molecule has 0 aliphatic heterocycles. The van der Waals surface area contributed by atoms with Gasteiger partial charge in [-0.2, -0.15) is 0 Å². The molecule has 0 saturated heterocycles. The molecule has 1 radical (unpaired) electrons. The molecule has 0 heterocycles. The Balaban J connectivity index is 2.01. The Labute approximate surface area is 115 Å². The lowest BCUT2D eigenvalue weighted by atomic mass is 10.1. The lowest BCUT2D eigenvalue weighted by Crippen LogP contribution is -1.97. The van der Waals surface area contributed by atoms with Gasteiger partial charge in [-0.25, -0.2) is 0 Å². The van der Waals surface area contributed by atoms with Crippen molar-refractivity contribution in [2.24, 2.45) is 0 Å². The van der Waals surface area contributed by atoms with Crippen molar-refractivity contribution in [3.63, 3.8) is 0 Å². The molecule has 0 amide bonds. The summed E-state index contributed by atoms with van der Waals surface area (Å²) in [6.45, 7) is 3.00. The smallest absolute Gasteiger partial charge is 0.127 e. The molecule has 0 unspecified atom stereocenters. The van der Waals surface area contributed by atoms with E-state index in [2.05, 4.69) is 26.2 Å². The minimum atomic E-state index is 0.789. The maximum atomic E-state index is 5.78. The number of unbranched alkanes of at least 4 members (excludes halogenated alkanes) is 3. The number of benzene rings is 2. The third kappa shape index (κ3) is 3.63. The number of rotatable bonds is 7. The van der Waals surface area contributed by atoms with Crippen molar-refractivity contribution < 1.29 is 9.47 Å². The fourth-order valence-corrected chi connectivity index (χ4v) is 2.17. The van der Waals surface area contributed by atoms with E-state index >= 15 is 0 Å². The summed E-state index contributed by atoms with van der Waals surface area (Å²) in [6.07, 6.45) is 4.90. The van der Waals surface area contributed by atoms with Gasteiger partial charge in [0, 0.05) is 5.39 Å². The van der Waals surface area contributed by atoms with Crippen molar-refractivity contribution in [3.8, 4) is 11.5 Å². The Morgan fingerprint density at radius 1 is 1.05 bits per heavy atom. The number of hydrogen-bond donors (Lipinski definition) is 0. The van der Waals surface area contributed by atoms with Crippen LogP contribution in [0.5, 0.6) is 11.5 Å². The summed E-state index contributed by atoms with van der Waals surface area (Å²) in [5.41, 5.74) is 0. The predicted octanol–water partition coefficient (Wildman–Crippen LogP) is 4.97. The zero-order valence-corrected chi connectivity index (χ0v) is 11.5. The third-order valence-corrected chi connectivity index (χ3v) is 3.23. The van der Waals surface area contributed by atoms with Crippen molar-refractivity contribution in [2.75, 3.05) is 6.61 Å². The zero-order chi connectivity index (χ0) is 13.5. The standard InChI is InChI=1S/C17H21O2/c1-3-4-5-6-12-19-15-10-11-16-14(13-15)8-7-9-17(16)18-2/h7-11,13H,2-6,12H2,1H3. The number of fused-ring (bicyclic) bond motifs is 1. The highest BCUT2D eigenvalue weighted by Gasteiger charge is 2.02. The number of ether oxygens (including phenoxy) is 2. The van der Waals surface area contributed by atoms with Crippen LogP contribution >= 0.6 is 0 Å². The van der Waals surface area contributed by atoms with Crippen molar-refractivity contribution in [1.82, 2.24) is 0 Å². The molecule has 0 aliphatic carbocycles. The van der Waals surface area contributed by atoms with Crippen molar-refractivity contribution in [2.45, 2.75) is 32.6 Å². The molecule has 0 spiro atoms. The normalized spacial score (nSPS) is 10.6. The lowest BCUT2D eigenvalue weighted by molar-refractivity contribution is 0.305. The van der Waals surface area contributed by atoms with Crippen molar-refractivity contribution >= 4 is 10.8 Å². The first-order chi connectivity index (χ1) is 9.35. The molecule has 0 aliphatic rings. The molecule has 101 valence electrons. The maximum absolute atomic E-state index is 5.78. The Bertz CT molecular complexity index is 520. The first-order valence-corrected chi connectivity index (χ1v) is 6.92. The van der Waals surface area contributed by atoms with E-state index < -0.39 is 0 Å². The average Bonchev–Trinajstić information content (AvgIpc) is 2.46. The highest BCUT2D eigenvalue weighted by atomic mass is 16.5. The van der Waals surface area contributed by atoms with E-state index in [1.54, 1.807) is 0 Å². The van der Waals surface area contributed by atoms with Gasteiger partial charge in [0.15, 0.2) is 0 Å². The van der Waals surface area contributed by atoms with Gasteiger partial charge in [-0.3, -0.25) is 0 Å². The molecule has 0 fully saturated rings. The van der Waals surface area contributed by atoms with Gasteiger partial charge in [0.2, 0.25) is 0 Å². The van der Waals surface area contributed by atoms with Gasteiger partial charge in [0.05, 0.1) is 6.61 Å². The van der Waals surface area contributed by atoms with Crippen LogP contribution in [0.1, 0.15) is 32.6 Å². The molecule has 0 saturated carbocycles. The minimum Gasteiger partial charge on any atom is -0.494 e. The van der Waals surface area contributed by atoms with E-state index in [1.165, 1.54) is 19.3 Å². The Morgan fingerprint density at radius 3 is 2.74 bits per heavy atom. The second kappa shape index (κ2) is 7.03. The van der Waals surface area contributed by atoms with Gasteiger partial charge < -0.3 is 9.47 Å². The largest absolute Gasteiger partial charge is 0.494 e. The number of hydrogen-bond acceptors (Lipinski definition) is 2. The predicted molar refractivity (Wildman–Crippen MR) is 79.6 cm³/mol. The van der Waals surface area contributed by atoms with Gasteiger partial charge >= 0.3 is 0 Å². The molecular formula is C17H21O2. The fourth-order valence-electron chi connectivity index (χ4n) is 2.17. The minimum absolute atomic E-state index is 0.789. The zero-order valence-electron chi connectivity index (χ0n) is 11.5. The first-order valence-electron chi connectivity index (χ1n) is 6.92. The monoisotopic (exact) mass is 257 g/mol. The maximum Gasteiger partial charge on any atom is 0.127 e. The van der Waals surface area contributed by atoms with Crippen LogP contribution in [0.2, 0.25) is 0 Å². The Morgan fingerprint density at radius 2 is 1.95 bits per heavy atom. The van der Waals surface area contributed by atoms with E-state index in [9.17, 15) is 0 Å². The van der Waals surface area contributed by atoms with Crippen LogP contribution in [-0.2, 0) is 0 Å². The summed E-state index contributed by atoms with van der Waals surface area (Å²) in [7, 11) is 3.48. The van der Waals surface area contributed by atoms with Crippen LogP contribution in [0.15, 0.2) is 36.4 Å². The van der Waals surface area contributed by atoms with Crippen LogP contribution in [0, 0.1) is 7.11 Å². The van der Waals surface area contributed by atoms with Gasteiger partial charge in [-0.05, 0) is 36.1 Å². The second-order valence-electron chi connectivity index (χ2n) is 4.69. The van der Waals surface area contributed by atoms with Crippen molar-refractivity contribution in [1.29, 1.82) is 0 Å². The highest BCUT2D eigenvalue weighted by molar-refractivity contribution is 5.89. The van der Waals surface area contributed by atoms with E-state index in [0.717, 1.165) is 35.3 Å².